The molecule has 0 unspecified atom stereocenters. The summed E-state index contributed by atoms with van der Waals surface area (Å²) in [6, 6.07) is 7.90. The summed E-state index contributed by atoms with van der Waals surface area (Å²) in [5, 5.41) is 5.66. The van der Waals surface area contributed by atoms with E-state index in [1.165, 1.54) is 0 Å². The van der Waals surface area contributed by atoms with E-state index in [1.54, 1.807) is 0 Å². The maximum absolute atomic E-state index is 11.6. The number of ether oxygens (including phenoxy) is 1. The van der Waals surface area contributed by atoms with Gasteiger partial charge in [0.1, 0.15) is 5.75 Å². The van der Waals surface area contributed by atoms with Crippen LogP contribution in [0.1, 0.15) is 25.7 Å². The summed E-state index contributed by atoms with van der Waals surface area (Å²) in [5.74, 6) is 0.576. The molecule has 5 nitrogen and oxygen atoms in total. The molecule has 0 aliphatic heterocycles. The first kappa shape index (κ1) is 16.1. The fourth-order valence-corrected chi connectivity index (χ4v) is 2.09. The predicted octanol–water partition coefficient (Wildman–Crippen LogP) is 1.84. The van der Waals surface area contributed by atoms with Gasteiger partial charge in [-0.1, -0.05) is 0 Å². The van der Waals surface area contributed by atoms with Crippen molar-refractivity contribution >= 4 is 34.4 Å². The largest absolute Gasteiger partial charge is 0.484 e. The van der Waals surface area contributed by atoms with Crippen LogP contribution in [-0.2, 0) is 9.59 Å². The molecule has 1 aromatic rings. The van der Waals surface area contributed by atoms with Gasteiger partial charge in [-0.3, -0.25) is 9.59 Å². The monoisotopic (exact) mass is 402 g/mol. The van der Waals surface area contributed by atoms with Crippen LogP contribution < -0.4 is 15.4 Å². The van der Waals surface area contributed by atoms with E-state index in [-0.39, 0.29) is 18.4 Å². The molecule has 0 heterocycles. The molecule has 2 rings (SSSR count). The second-order valence-electron chi connectivity index (χ2n) is 5.04. The summed E-state index contributed by atoms with van der Waals surface area (Å²) in [4.78, 5) is 23.0. The number of rotatable bonds is 8. The molecule has 1 aromatic carbocycles. The van der Waals surface area contributed by atoms with E-state index in [1.807, 2.05) is 24.3 Å². The normalized spacial score (nSPS) is 13.6. The Morgan fingerprint density at radius 3 is 2.57 bits per heavy atom. The lowest BCUT2D eigenvalue weighted by molar-refractivity contribution is -0.124. The Kier molecular flexibility index (Phi) is 6.28. The molecule has 0 bridgehead atoms. The molecule has 0 radical (unpaired) electrons. The highest BCUT2D eigenvalue weighted by molar-refractivity contribution is 14.1. The van der Waals surface area contributed by atoms with Crippen molar-refractivity contribution in [1.82, 2.24) is 10.6 Å². The van der Waals surface area contributed by atoms with E-state index < -0.39 is 0 Å². The van der Waals surface area contributed by atoms with Crippen molar-refractivity contribution in [2.75, 3.05) is 13.2 Å². The summed E-state index contributed by atoms with van der Waals surface area (Å²) in [7, 11) is 0. The van der Waals surface area contributed by atoms with E-state index in [0.29, 0.717) is 31.2 Å². The number of benzene rings is 1. The van der Waals surface area contributed by atoms with Gasteiger partial charge < -0.3 is 15.4 Å². The van der Waals surface area contributed by atoms with Crippen molar-refractivity contribution in [2.24, 2.45) is 0 Å². The molecule has 6 heteroatoms. The lowest BCUT2D eigenvalue weighted by Crippen LogP contribution is -2.31. The van der Waals surface area contributed by atoms with Crippen LogP contribution in [0.25, 0.3) is 0 Å². The Labute approximate surface area is 138 Å². The van der Waals surface area contributed by atoms with Crippen LogP contribution >= 0.6 is 22.6 Å². The van der Waals surface area contributed by atoms with Gasteiger partial charge in [0.2, 0.25) is 5.91 Å². The van der Waals surface area contributed by atoms with Crippen molar-refractivity contribution in [1.29, 1.82) is 0 Å². The molecular weight excluding hydrogens is 383 g/mol. The third-order valence-corrected chi connectivity index (χ3v) is 3.75. The minimum atomic E-state index is -0.170. The minimum Gasteiger partial charge on any atom is -0.484 e. The number of amides is 2. The van der Waals surface area contributed by atoms with Gasteiger partial charge in [-0.2, -0.15) is 0 Å². The summed E-state index contributed by atoms with van der Waals surface area (Å²) < 4.78 is 6.49. The lowest BCUT2D eigenvalue weighted by Gasteiger charge is -2.07. The van der Waals surface area contributed by atoms with Crippen molar-refractivity contribution in [3.05, 3.63) is 27.8 Å². The molecule has 0 atom stereocenters. The highest BCUT2D eigenvalue weighted by Gasteiger charge is 2.22. The lowest BCUT2D eigenvalue weighted by atomic mass is 10.3. The van der Waals surface area contributed by atoms with Crippen molar-refractivity contribution in [3.8, 4) is 5.75 Å². The molecular formula is C15H19IN2O3. The number of halogens is 1. The summed E-state index contributed by atoms with van der Waals surface area (Å²) in [6.45, 7) is 0.488. The first-order valence-electron chi connectivity index (χ1n) is 7.08. The van der Waals surface area contributed by atoms with Crippen LogP contribution in [0.4, 0.5) is 0 Å². The van der Waals surface area contributed by atoms with Crippen molar-refractivity contribution < 1.29 is 14.3 Å². The van der Waals surface area contributed by atoms with E-state index in [4.69, 9.17) is 4.74 Å². The standard InChI is InChI=1S/C15H19IN2O3/c16-11-3-7-13(8-4-11)21-10-15(20)17-9-1-2-14(19)18-12-5-6-12/h3-4,7-8,12H,1-2,5-6,9-10H2,(H,17,20)(H,18,19). The molecule has 1 saturated carbocycles. The van der Waals surface area contributed by atoms with Gasteiger partial charge in [-0.05, 0) is 66.1 Å². The molecule has 0 aromatic heterocycles. The number of carbonyl (C=O) groups excluding carboxylic acids is 2. The molecule has 0 saturated heterocycles. The molecule has 1 aliphatic carbocycles. The van der Waals surface area contributed by atoms with Gasteiger partial charge >= 0.3 is 0 Å². The second-order valence-corrected chi connectivity index (χ2v) is 6.28. The van der Waals surface area contributed by atoms with Gasteiger partial charge in [-0.25, -0.2) is 0 Å². The third kappa shape index (κ3) is 6.79. The Bertz CT molecular complexity index is 486. The topological polar surface area (TPSA) is 67.4 Å². The maximum atomic E-state index is 11.6. The number of nitrogens with one attached hydrogen (secondary N) is 2. The highest BCUT2D eigenvalue weighted by Crippen LogP contribution is 2.18. The van der Waals surface area contributed by atoms with Gasteiger partial charge in [0.25, 0.3) is 5.91 Å². The quantitative estimate of drug-likeness (QED) is 0.515. The van der Waals surface area contributed by atoms with Crippen molar-refractivity contribution in [3.63, 3.8) is 0 Å². The zero-order chi connectivity index (χ0) is 15.1. The van der Waals surface area contributed by atoms with E-state index in [9.17, 15) is 9.59 Å². The molecule has 1 aliphatic rings. The summed E-state index contributed by atoms with van der Waals surface area (Å²) in [6.07, 6.45) is 3.29. The Morgan fingerprint density at radius 2 is 1.90 bits per heavy atom. The van der Waals surface area contributed by atoms with Crippen LogP contribution in [0.3, 0.4) is 0 Å². The third-order valence-electron chi connectivity index (χ3n) is 3.03. The Hall–Kier alpha value is -1.31. The average molecular weight is 402 g/mol. The van der Waals surface area contributed by atoms with Crippen LogP contribution in [0.5, 0.6) is 5.75 Å². The molecule has 21 heavy (non-hydrogen) atoms. The molecule has 2 N–H and O–H groups in total. The van der Waals surface area contributed by atoms with Gasteiger partial charge in [0.15, 0.2) is 6.61 Å². The van der Waals surface area contributed by atoms with E-state index >= 15 is 0 Å². The van der Waals surface area contributed by atoms with E-state index in [0.717, 1.165) is 16.4 Å². The zero-order valence-corrected chi connectivity index (χ0v) is 13.9. The number of hydrogen-bond donors (Lipinski definition) is 2. The molecule has 2 amide bonds. The van der Waals surface area contributed by atoms with Gasteiger partial charge in [-0.15, -0.1) is 0 Å². The van der Waals surface area contributed by atoms with Crippen LogP contribution in [0.15, 0.2) is 24.3 Å². The van der Waals surface area contributed by atoms with Crippen LogP contribution in [0.2, 0.25) is 0 Å². The fraction of sp³-hybridized carbons (Fsp3) is 0.467. The van der Waals surface area contributed by atoms with Crippen LogP contribution in [0, 0.1) is 3.57 Å². The van der Waals surface area contributed by atoms with Gasteiger partial charge in [0.05, 0.1) is 0 Å². The Morgan fingerprint density at radius 1 is 1.19 bits per heavy atom. The average Bonchev–Trinajstić information content (AvgIpc) is 3.27. The molecule has 1 fully saturated rings. The fourth-order valence-electron chi connectivity index (χ4n) is 1.73. The smallest absolute Gasteiger partial charge is 0.257 e. The summed E-state index contributed by atoms with van der Waals surface area (Å²) in [5.41, 5.74) is 0. The van der Waals surface area contributed by atoms with Gasteiger partial charge in [0, 0.05) is 22.6 Å². The first-order valence-corrected chi connectivity index (χ1v) is 8.16. The first-order chi connectivity index (χ1) is 10.1. The number of hydrogen-bond acceptors (Lipinski definition) is 3. The minimum absolute atomic E-state index is 0.00510. The zero-order valence-electron chi connectivity index (χ0n) is 11.7. The highest BCUT2D eigenvalue weighted by atomic mass is 127. The van der Waals surface area contributed by atoms with E-state index in [2.05, 4.69) is 33.2 Å². The summed E-state index contributed by atoms with van der Waals surface area (Å²) >= 11 is 2.21. The van der Waals surface area contributed by atoms with Crippen molar-refractivity contribution in [2.45, 2.75) is 31.7 Å². The molecule has 114 valence electrons. The SMILES string of the molecule is O=C(COc1ccc(I)cc1)NCCCC(=O)NC1CC1. The van der Waals surface area contributed by atoms with Crippen LogP contribution in [-0.4, -0.2) is 31.0 Å². The molecule has 0 spiro atoms. The maximum Gasteiger partial charge on any atom is 0.257 e. The Balaban J connectivity index is 1.52. The number of carbonyl (C=O) groups is 2. The predicted molar refractivity (Wildman–Crippen MR) is 88.1 cm³/mol. The second kappa shape index (κ2) is 8.21.